The van der Waals surface area contributed by atoms with Crippen molar-refractivity contribution in [1.29, 1.82) is 5.26 Å². The summed E-state index contributed by atoms with van der Waals surface area (Å²) in [6.07, 6.45) is 6.46. The fraction of sp³-hybridized carbons (Fsp3) is 0.360. The van der Waals surface area contributed by atoms with Crippen LogP contribution in [0.15, 0.2) is 36.8 Å². The lowest BCUT2D eigenvalue weighted by molar-refractivity contribution is 0.218. The van der Waals surface area contributed by atoms with Gasteiger partial charge in [0.2, 0.25) is 0 Å². The highest BCUT2D eigenvalue weighted by atomic mass is 19.1. The molecule has 0 amide bonds. The molecule has 0 aliphatic carbocycles. The Balaban J connectivity index is 1.61. The second kappa shape index (κ2) is 8.88. The van der Waals surface area contributed by atoms with Crippen LogP contribution in [0.2, 0.25) is 0 Å². The maximum Gasteiger partial charge on any atom is 0.148 e. The Morgan fingerprint density at radius 2 is 2.21 bits per heavy atom. The van der Waals surface area contributed by atoms with Gasteiger partial charge in [0.15, 0.2) is 0 Å². The summed E-state index contributed by atoms with van der Waals surface area (Å²) in [6.45, 7) is 7.74. The number of rotatable bonds is 5. The number of ether oxygens (including phenoxy) is 1. The van der Waals surface area contributed by atoms with Crippen LogP contribution in [0, 0.1) is 31.0 Å². The third-order valence-corrected chi connectivity index (χ3v) is 6.40. The van der Waals surface area contributed by atoms with E-state index in [1.807, 2.05) is 19.2 Å². The van der Waals surface area contributed by atoms with Crippen LogP contribution in [-0.4, -0.2) is 37.5 Å². The van der Waals surface area contributed by atoms with Gasteiger partial charge in [0.05, 0.1) is 17.9 Å². The van der Waals surface area contributed by atoms with Gasteiger partial charge in [0.1, 0.15) is 40.5 Å². The fourth-order valence-electron chi connectivity index (χ4n) is 4.81. The second-order valence-corrected chi connectivity index (χ2v) is 8.68. The Kier molecular flexibility index (Phi) is 5.75. The molecule has 0 aromatic carbocycles. The van der Waals surface area contributed by atoms with E-state index in [9.17, 15) is 9.65 Å². The van der Waals surface area contributed by atoms with E-state index < -0.39 is 11.9 Å². The van der Waals surface area contributed by atoms with Gasteiger partial charge in [-0.05, 0) is 58.4 Å². The van der Waals surface area contributed by atoms with Crippen LogP contribution >= 0.6 is 0 Å². The first-order valence-corrected chi connectivity index (χ1v) is 11.4. The predicted octanol–water partition coefficient (Wildman–Crippen LogP) is 4.28. The fourth-order valence-corrected chi connectivity index (χ4v) is 4.81. The Morgan fingerprint density at radius 3 is 2.94 bits per heavy atom. The van der Waals surface area contributed by atoms with Gasteiger partial charge in [-0.1, -0.05) is 0 Å². The van der Waals surface area contributed by atoms with Crippen molar-refractivity contribution in [3.8, 4) is 22.9 Å². The molecule has 5 heterocycles. The summed E-state index contributed by atoms with van der Waals surface area (Å²) in [6, 6.07) is 7.26. The van der Waals surface area contributed by atoms with Crippen molar-refractivity contribution in [3.05, 3.63) is 65.3 Å². The summed E-state index contributed by atoms with van der Waals surface area (Å²) in [5.74, 6) is 0.000215. The largest absolute Gasteiger partial charge is 0.482 e. The topological polar surface area (TPSA) is 93.1 Å². The van der Waals surface area contributed by atoms with E-state index in [0.717, 1.165) is 48.4 Å². The summed E-state index contributed by atoms with van der Waals surface area (Å²) >= 11 is 0. The maximum absolute atomic E-state index is 14.3. The summed E-state index contributed by atoms with van der Waals surface area (Å²) in [7, 11) is 0. The number of aryl methyl sites for hydroxylation is 1. The number of piperidine rings is 1. The third kappa shape index (κ3) is 3.80. The van der Waals surface area contributed by atoms with Crippen LogP contribution in [0.1, 0.15) is 54.6 Å². The van der Waals surface area contributed by atoms with Crippen LogP contribution < -0.4 is 10.1 Å². The molecule has 5 rings (SSSR count). The molecule has 1 aliphatic heterocycles. The number of nitrogens with zero attached hydrogens (tertiary/aromatic N) is 6. The zero-order chi connectivity index (χ0) is 23.8. The summed E-state index contributed by atoms with van der Waals surface area (Å²) in [5.41, 5.74) is 4.96. The first-order valence-electron chi connectivity index (χ1n) is 11.4. The Bertz CT molecular complexity index is 1390. The molecule has 1 aliphatic rings. The van der Waals surface area contributed by atoms with E-state index in [1.165, 1.54) is 18.5 Å². The number of halogens is 1. The van der Waals surface area contributed by atoms with Gasteiger partial charge in [-0.3, -0.25) is 9.67 Å². The summed E-state index contributed by atoms with van der Waals surface area (Å²) in [4.78, 5) is 4.14. The molecule has 9 heteroatoms. The minimum Gasteiger partial charge on any atom is -0.482 e. The molecule has 0 radical (unpaired) electrons. The van der Waals surface area contributed by atoms with E-state index in [2.05, 4.69) is 33.1 Å². The quantitative estimate of drug-likeness (QED) is 0.479. The number of hydrogen-bond acceptors (Lipinski definition) is 6. The van der Waals surface area contributed by atoms with Gasteiger partial charge in [-0.2, -0.15) is 15.5 Å². The van der Waals surface area contributed by atoms with Crippen molar-refractivity contribution in [2.45, 2.75) is 45.8 Å². The molecule has 2 atom stereocenters. The molecule has 1 fully saturated rings. The van der Waals surface area contributed by atoms with Crippen molar-refractivity contribution in [2.24, 2.45) is 0 Å². The van der Waals surface area contributed by atoms with Gasteiger partial charge in [-0.25, -0.2) is 8.91 Å². The molecule has 4 aromatic heterocycles. The van der Waals surface area contributed by atoms with Crippen LogP contribution in [0.25, 0.3) is 16.6 Å². The molecule has 0 saturated carbocycles. The first-order chi connectivity index (χ1) is 16.5. The number of fused-ring (bicyclic) bond motifs is 1. The number of nitriles is 1. The van der Waals surface area contributed by atoms with Crippen molar-refractivity contribution in [1.82, 2.24) is 29.7 Å². The van der Waals surface area contributed by atoms with Gasteiger partial charge in [0, 0.05) is 35.8 Å². The van der Waals surface area contributed by atoms with Gasteiger partial charge in [0.25, 0.3) is 0 Å². The molecule has 1 saturated heterocycles. The minimum absolute atomic E-state index is 0.203. The van der Waals surface area contributed by atoms with Crippen LogP contribution in [0.3, 0.4) is 0 Å². The van der Waals surface area contributed by atoms with Gasteiger partial charge in [-0.15, -0.1) is 0 Å². The van der Waals surface area contributed by atoms with E-state index >= 15 is 0 Å². The standard InChI is InChI=1S/C25H26FN7O/c1-15-23(16(2)33(31-15)20-6-4-8-28-13-20)18-10-22(25-19(11-27)12-30-32(25)14-18)34-17(3)24-21(26)7-5-9-29-24/h5,7,9-10,12,14,17,20,28H,4,6,8,13H2,1-3H3/t17-,20+/m1/s1. The van der Waals surface area contributed by atoms with E-state index in [0.29, 0.717) is 22.9 Å². The highest BCUT2D eigenvalue weighted by molar-refractivity contribution is 5.77. The minimum atomic E-state index is -0.667. The number of pyridine rings is 2. The molecule has 0 bridgehead atoms. The number of hydrogen-bond donors (Lipinski definition) is 1. The Morgan fingerprint density at radius 1 is 1.35 bits per heavy atom. The molecule has 1 N–H and O–H groups in total. The van der Waals surface area contributed by atoms with Crippen molar-refractivity contribution >= 4 is 5.52 Å². The highest BCUT2D eigenvalue weighted by Crippen LogP contribution is 2.36. The van der Waals surface area contributed by atoms with Gasteiger partial charge >= 0.3 is 0 Å². The Hall–Kier alpha value is -3.77. The van der Waals surface area contributed by atoms with Crippen molar-refractivity contribution < 1.29 is 9.13 Å². The van der Waals surface area contributed by atoms with Crippen LogP contribution in [-0.2, 0) is 0 Å². The Labute approximate surface area is 197 Å². The van der Waals surface area contributed by atoms with E-state index in [4.69, 9.17) is 9.84 Å². The molecule has 174 valence electrons. The average molecular weight is 460 g/mol. The molecule has 8 nitrogen and oxygen atoms in total. The van der Waals surface area contributed by atoms with Crippen molar-refractivity contribution in [2.75, 3.05) is 13.1 Å². The normalized spacial score (nSPS) is 17.0. The second-order valence-electron chi connectivity index (χ2n) is 8.68. The van der Waals surface area contributed by atoms with E-state index in [1.54, 1.807) is 17.5 Å². The third-order valence-electron chi connectivity index (χ3n) is 6.40. The van der Waals surface area contributed by atoms with Crippen LogP contribution in [0.4, 0.5) is 4.39 Å². The lowest BCUT2D eigenvalue weighted by Crippen LogP contribution is -2.32. The molecule has 0 spiro atoms. The van der Waals surface area contributed by atoms with E-state index in [-0.39, 0.29) is 5.69 Å². The lowest BCUT2D eigenvalue weighted by atomic mass is 10.0. The molecular weight excluding hydrogens is 433 g/mol. The summed E-state index contributed by atoms with van der Waals surface area (Å²) in [5, 5.41) is 22.3. The van der Waals surface area contributed by atoms with Crippen molar-refractivity contribution in [3.63, 3.8) is 0 Å². The molecular formula is C25H26FN7O. The monoisotopic (exact) mass is 459 g/mol. The summed E-state index contributed by atoms with van der Waals surface area (Å²) < 4.78 is 24.3. The first kappa shape index (κ1) is 22.0. The van der Waals surface area contributed by atoms with Gasteiger partial charge < -0.3 is 10.1 Å². The van der Waals surface area contributed by atoms with Crippen LogP contribution in [0.5, 0.6) is 5.75 Å². The zero-order valence-corrected chi connectivity index (χ0v) is 19.4. The zero-order valence-electron chi connectivity index (χ0n) is 19.4. The smallest absolute Gasteiger partial charge is 0.148 e. The highest BCUT2D eigenvalue weighted by Gasteiger charge is 2.24. The molecule has 0 unspecified atom stereocenters. The SMILES string of the molecule is Cc1nn([C@H]2CCCNC2)c(C)c1-c1cc(O[C@H](C)c2ncccc2F)c2c(C#N)cnn2c1. The number of aromatic nitrogens is 5. The lowest BCUT2D eigenvalue weighted by Gasteiger charge is -2.24. The average Bonchev–Trinajstić information content (AvgIpc) is 3.39. The maximum atomic E-state index is 14.3. The molecule has 4 aromatic rings. The predicted molar refractivity (Wildman–Crippen MR) is 125 cm³/mol. The number of nitrogens with one attached hydrogen (secondary N) is 1. The molecule has 34 heavy (non-hydrogen) atoms.